The van der Waals surface area contributed by atoms with Gasteiger partial charge < -0.3 is 10.2 Å². The Morgan fingerprint density at radius 1 is 1.06 bits per heavy atom. The fraction of sp³-hybridized carbons (Fsp3) is 0.600. The van der Waals surface area contributed by atoms with Crippen molar-refractivity contribution < 1.29 is 10.2 Å². The monoisotopic (exact) mass is 238 g/mol. The van der Waals surface area contributed by atoms with Crippen molar-refractivity contribution in [2.45, 2.75) is 59.0 Å². The highest BCUT2D eigenvalue weighted by Crippen LogP contribution is 2.07. The molecule has 0 saturated carbocycles. The van der Waals surface area contributed by atoms with Crippen LogP contribution in [0.3, 0.4) is 0 Å². The van der Waals surface area contributed by atoms with Crippen LogP contribution < -0.4 is 0 Å². The van der Waals surface area contributed by atoms with Gasteiger partial charge in [-0.2, -0.15) is 0 Å². The average Bonchev–Trinajstić information content (AvgIpc) is 2.29. The maximum atomic E-state index is 8.85. The van der Waals surface area contributed by atoms with E-state index in [0.717, 1.165) is 6.42 Å². The Balaban J connectivity index is 0.000000302. The maximum absolute atomic E-state index is 8.85. The molecule has 0 radical (unpaired) electrons. The molecule has 0 aliphatic carbocycles. The molecule has 0 spiro atoms. The molecule has 0 bridgehead atoms. The van der Waals surface area contributed by atoms with E-state index >= 15 is 0 Å². The zero-order valence-corrected chi connectivity index (χ0v) is 11.3. The lowest BCUT2D eigenvalue weighted by atomic mass is 10.1. The molecular weight excluding hydrogens is 212 g/mol. The molecular formula is C15H26O2. The van der Waals surface area contributed by atoms with Gasteiger partial charge in [0.05, 0.1) is 6.10 Å². The molecule has 0 aromatic heterocycles. The maximum Gasteiger partial charge on any atom is 0.115 e. The summed E-state index contributed by atoms with van der Waals surface area (Å²) in [5.74, 6) is 0.329. The topological polar surface area (TPSA) is 40.5 Å². The minimum absolute atomic E-state index is 0.0955. The summed E-state index contributed by atoms with van der Waals surface area (Å²) in [5.41, 5.74) is 1.17. The number of hydrogen-bond donors (Lipinski definition) is 2. The van der Waals surface area contributed by atoms with Gasteiger partial charge in [-0.1, -0.05) is 50.3 Å². The summed E-state index contributed by atoms with van der Waals surface area (Å²) in [5, 5.41) is 17.6. The van der Waals surface area contributed by atoms with E-state index in [9.17, 15) is 0 Å². The highest BCUT2D eigenvalue weighted by atomic mass is 16.3. The van der Waals surface area contributed by atoms with Gasteiger partial charge in [0.2, 0.25) is 0 Å². The van der Waals surface area contributed by atoms with Gasteiger partial charge in [-0.3, -0.25) is 0 Å². The number of hydrogen-bond acceptors (Lipinski definition) is 2. The molecule has 2 heteroatoms. The molecule has 0 aliphatic heterocycles. The molecule has 0 fully saturated rings. The first-order chi connectivity index (χ1) is 8.06. The van der Waals surface area contributed by atoms with E-state index in [1.807, 2.05) is 26.0 Å². The average molecular weight is 238 g/mol. The summed E-state index contributed by atoms with van der Waals surface area (Å²) in [6.45, 7) is 6.04. The van der Waals surface area contributed by atoms with Crippen LogP contribution in [0.1, 0.15) is 51.5 Å². The summed E-state index contributed by atoms with van der Waals surface area (Å²) in [4.78, 5) is 0. The molecule has 1 atom stereocenters. The van der Waals surface area contributed by atoms with Crippen LogP contribution in [-0.4, -0.2) is 16.3 Å². The minimum atomic E-state index is -0.0955. The molecule has 0 aliphatic rings. The lowest BCUT2D eigenvalue weighted by Gasteiger charge is -2.01. The molecule has 2 N–H and O–H groups in total. The van der Waals surface area contributed by atoms with Gasteiger partial charge in [0.1, 0.15) is 5.75 Å². The summed E-state index contributed by atoms with van der Waals surface area (Å²) in [7, 11) is 0. The van der Waals surface area contributed by atoms with Gasteiger partial charge in [-0.15, -0.1) is 0 Å². The van der Waals surface area contributed by atoms with E-state index in [0.29, 0.717) is 5.75 Å². The Morgan fingerprint density at radius 3 is 2.06 bits per heavy atom. The highest BCUT2D eigenvalue weighted by Gasteiger charge is 1.93. The van der Waals surface area contributed by atoms with Crippen LogP contribution in [0.25, 0.3) is 0 Å². The number of aliphatic hydroxyl groups excluding tert-OH is 1. The second-order valence-electron chi connectivity index (χ2n) is 4.53. The number of aromatic hydroxyl groups is 1. The number of aryl methyl sites for hydroxylation is 1. The third-order valence-corrected chi connectivity index (χ3v) is 2.51. The number of phenolic OH excluding ortho intramolecular Hbond substituents is 1. The second-order valence-corrected chi connectivity index (χ2v) is 4.53. The van der Waals surface area contributed by atoms with E-state index in [2.05, 4.69) is 6.92 Å². The molecule has 2 nitrogen and oxygen atoms in total. The Hall–Kier alpha value is -1.02. The zero-order valence-electron chi connectivity index (χ0n) is 11.3. The van der Waals surface area contributed by atoms with Crippen molar-refractivity contribution in [3.63, 3.8) is 0 Å². The molecule has 1 rings (SSSR count). The summed E-state index contributed by atoms with van der Waals surface area (Å²) < 4.78 is 0. The first-order valence-electron chi connectivity index (χ1n) is 6.50. The minimum Gasteiger partial charge on any atom is -0.508 e. The molecule has 0 heterocycles. The molecule has 1 aromatic rings. The van der Waals surface area contributed by atoms with Crippen molar-refractivity contribution in [1.29, 1.82) is 0 Å². The van der Waals surface area contributed by atoms with Crippen LogP contribution in [0.2, 0.25) is 0 Å². The highest BCUT2D eigenvalue weighted by molar-refractivity contribution is 5.24. The Kier molecular flexibility index (Phi) is 9.55. The predicted molar refractivity (Wildman–Crippen MR) is 73.3 cm³/mol. The SMILES string of the molecule is CCCCCC[C@@H](C)O.Cc1ccc(O)cc1. The van der Waals surface area contributed by atoms with Crippen molar-refractivity contribution in [2.75, 3.05) is 0 Å². The van der Waals surface area contributed by atoms with Crippen LogP contribution in [0.5, 0.6) is 5.75 Å². The second kappa shape index (κ2) is 10.2. The third-order valence-electron chi connectivity index (χ3n) is 2.51. The van der Waals surface area contributed by atoms with E-state index < -0.39 is 0 Å². The van der Waals surface area contributed by atoms with E-state index in [-0.39, 0.29) is 6.10 Å². The largest absolute Gasteiger partial charge is 0.508 e. The van der Waals surface area contributed by atoms with Crippen LogP contribution >= 0.6 is 0 Å². The molecule has 0 amide bonds. The number of aliphatic hydroxyl groups is 1. The molecule has 98 valence electrons. The summed E-state index contributed by atoms with van der Waals surface area (Å²) in [6, 6.07) is 7.09. The van der Waals surface area contributed by atoms with E-state index in [1.54, 1.807) is 12.1 Å². The third kappa shape index (κ3) is 11.2. The Bertz CT molecular complexity index is 244. The van der Waals surface area contributed by atoms with Crippen molar-refractivity contribution in [2.24, 2.45) is 0 Å². The smallest absolute Gasteiger partial charge is 0.115 e. The van der Waals surface area contributed by atoms with Crippen molar-refractivity contribution in [3.8, 4) is 5.75 Å². The van der Waals surface area contributed by atoms with Crippen molar-refractivity contribution in [3.05, 3.63) is 29.8 Å². The number of rotatable bonds is 5. The zero-order chi connectivity index (χ0) is 13.1. The fourth-order valence-electron chi connectivity index (χ4n) is 1.41. The van der Waals surface area contributed by atoms with Gasteiger partial charge in [-0.05, 0) is 32.4 Å². The number of unbranched alkanes of at least 4 members (excludes halogenated alkanes) is 3. The van der Waals surface area contributed by atoms with Crippen molar-refractivity contribution >= 4 is 0 Å². The molecule has 0 unspecified atom stereocenters. The van der Waals surface area contributed by atoms with Gasteiger partial charge in [0, 0.05) is 0 Å². The molecule has 17 heavy (non-hydrogen) atoms. The van der Waals surface area contributed by atoms with E-state index in [4.69, 9.17) is 10.2 Å². The predicted octanol–water partition coefficient (Wildman–Crippen LogP) is 4.04. The van der Waals surface area contributed by atoms with Gasteiger partial charge >= 0.3 is 0 Å². The molecule has 1 aromatic carbocycles. The fourth-order valence-corrected chi connectivity index (χ4v) is 1.41. The van der Waals surface area contributed by atoms with Crippen LogP contribution in [0.15, 0.2) is 24.3 Å². The Morgan fingerprint density at radius 2 is 1.65 bits per heavy atom. The van der Waals surface area contributed by atoms with Crippen LogP contribution in [0, 0.1) is 6.92 Å². The van der Waals surface area contributed by atoms with Gasteiger partial charge in [0.25, 0.3) is 0 Å². The Labute approximate surface area is 105 Å². The standard InChI is InChI=1S/C8H18O.C7H8O/c1-3-4-5-6-7-8(2)9;1-6-2-4-7(8)5-3-6/h8-9H,3-7H2,1-2H3;2-5,8H,1H3/t8-;/m1./s1. The quantitative estimate of drug-likeness (QED) is 0.760. The van der Waals surface area contributed by atoms with Gasteiger partial charge in [-0.25, -0.2) is 0 Å². The van der Waals surface area contributed by atoms with Gasteiger partial charge in [0.15, 0.2) is 0 Å². The molecule has 0 saturated heterocycles. The first kappa shape index (κ1) is 16.0. The lowest BCUT2D eigenvalue weighted by Crippen LogP contribution is -1.97. The number of benzene rings is 1. The summed E-state index contributed by atoms with van der Waals surface area (Å²) in [6.07, 6.45) is 5.93. The lowest BCUT2D eigenvalue weighted by molar-refractivity contribution is 0.180. The first-order valence-corrected chi connectivity index (χ1v) is 6.50. The normalized spacial score (nSPS) is 11.5. The van der Waals surface area contributed by atoms with Crippen molar-refractivity contribution in [1.82, 2.24) is 0 Å². The summed E-state index contributed by atoms with van der Waals surface area (Å²) >= 11 is 0. The number of phenols is 1. The van der Waals surface area contributed by atoms with Crippen LogP contribution in [-0.2, 0) is 0 Å². The van der Waals surface area contributed by atoms with Crippen LogP contribution in [0.4, 0.5) is 0 Å². The van der Waals surface area contributed by atoms with E-state index in [1.165, 1.54) is 31.2 Å².